The molecule has 1 aliphatic heterocycles. The van der Waals surface area contributed by atoms with Crippen molar-refractivity contribution in [3.05, 3.63) is 54.2 Å². The number of benzene rings is 1. The van der Waals surface area contributed by atoms with E-state index in [1.807, 2.05) is 18.2 Å². The Morgan fingerprint density at radius 1 is 1.19 bits per heavy atom. The van der Waals surface area contributed by atoms with E-state index in [4.69, 9.17) is 0 Å². The van der Waals surface area contributed by atoms with Crippen LogP contribution in [-0.2, 0) is 6.54 Å². The van der Waals surface area contributed by atoms with Crippen molar-refractivity contribution < 1.29 is 4.39 Å². The summed E-state index contributed by atoms with van der Waals surface area (Å²) in [5.41, 5.74) is 4.00. The van der Waals surface area contributed by atoms with Gasteiger partial charge in [-0.25, -0.2) is 19.3 Å². The lowest BCUT2D eigenvalue weighted by Crippen LogP contribution is -2.31. The molecule has 1 aliphatic rings. The molecule has 0 radical (unpaired) electrons. The van der Waals surface area contributed by atoms with Crippen LogP contribution < -0.4 is 0 Å². The summed E-state index contributed by atoms with van der Waals surface area (Å²) < 4.78 is 14.2. The quantitative estimate of drug-likeness (QED) is 0.723. The van der Waals surface area contributed by atoms with Crippen LogP contribution >= 0.6 is 0 Å². The van der Waals surface area contributed by atoms with Gasteiger partial charge in [0.2, 0.25) is 0 Å². The van der Waals surface area contributed by atoms with Gasteiger partial charge in [0.1, 0.15) is 17.7 Å². The minimum Gasteiger partial charge on any atom is -0.305 e. The Bertz CT molecular complexity index is 927. The molecule has 1 saturated heterocycles. The number of hydrogen-bond donors (Lipinski definition) is 0. The van der Waals surface area contributed by atoms with Crippen LogP contribution in [0.25, 0.3) is 22.3 Å². The zero-order chi connectivity index (χ0) is 18.1. The first-order valence-corrected chi connectivity index (χ1v) is 8.84. The van der Waals surface area contributed by atoms with Gasteiger partial charge in [0, 0.05) is 31.2 Å². The van der Waals surface area contributed by atoms with E-state index in [1.165, 1.54) is 12.4 Å². The average molecular weight is 351 g/mol. The van der Waals surface area contributed by atoms with Crippen molar-refractivity contribution in [2.45, 2.75) is 19.0 Å². The van der Waals surface area contributed by atoms with Crippen LogP contribution in [0.3, 0.4) is 0 Å². The molecule has 1 atom stereocenters. The Morgan fingerprint density at radius 3 is 2.88 bits per heavy atom. The van der Waals surface area contributed by atoms with Crippen molar-refractivity contribution in [3.8, 4) is 11.3 Å². The maximum atomic E-state index is 14.2. The SMILES string of the molecule is CN(C)[C@H]1CCN(Cc2cc(F)cc(-c3ccc4ncncc4n3)c2)C1. The lowest BCUT2D eigenvalue weighted by atomic mass is 10.1. The molecule has 4 rings (SSSR count). The van der Waals surface area contributed by atoms with Gasteiger partial charge < -0.3 is 4.90 Å². The van der Waals surface area contributed by atoms with Crippen molar-refractivity contribution in [3.63, 3.8) is 0 Å². The summed E-state index contributed by atoms with van der Waals surface area (Å²) in [5, 5.41) is 0. The number of halogens is 1. The van der Waals surface area contributed by atoms with Crippen LogP contribution in [0.15, 0.2) is 42.9 Å². The van der Waals surface area contributed by atoms with E-state index in [0.29, 0.717) is 11.6 Å². The summed E-state index contributed by atoms with van der Waals surface area (Å²) in [6.45, 7) is 2.82. The van der Waals surface area contributed by atoms with E-state index < -0.39 is 0 Å². The predicted molar refractivity (Wildman–Crippen MR) is 100 cm³/mol. The van der Waals surface area contributed by atoms with Gasteiger partial charge >= 0.3 is 0 Å². The van der Waals surface area contributed by atoms with E-state index >= 15 is 0 Å². The lowest BCUT2D eigenvalue weighted by molar-refractivity contribution is 0.264. The van der Waals surface area contributed by atoms with E-state index in [9.17, 15) is 4.39 Å². The molecule has 2 aromatic heterocycles. The Hall–Kier alpha value is -2.44. The second kappa shape index (κ2) is 7.05. The molecule has 0 amide bonds. The summed E-state index contributed by atoms with van der Waals surface area (Å²) in [6.07, 6.45) is 4.33. The van der Waals surface area contributed by atoms with Crippen LogP contribution in [0.5, 0.6) is 0 Å². The van der Waals surface area contributed by atoms with Gasteiger partial charge in [-0.05, 0) is 56.4 Å². The van der Waals surface area contributed by atoms with E-state index in [0.717, 1.165) is 48.4 Å². The summed E-state index contributed by atoms with van der Waals surface area (Å²) in [4.78, 5) is 17.4. The molecular formula is C20H22FN5. The largest absolute Gasteiger partial charge is 0.305 e. The molecule has 0 bridgehead atoms. The molecule has 6 heteroatoms. The molecule has 5 nitrogen and oxygen atoms in total. The van der Waals surface area contributed by atoms with Crippen molar-refractivity contribution in [2.24, 2.45) is 0 Å². The molecule has 3 heterocycles. The highest BCUT2D eigenvalue weighted by atomic mass is 19.1. The molecule has 1 fully saturated rings. The third-order valence-electron chi connectivity index (χ3n) is 5.00. The third kappa shape index (κ3) is 3.57. The fourth-order valence-electron chi connectivity index (χ4n) is 3.56. The van der Waals surface area contributed by atoms with E-state index in [2.05, 4.69) is 38.8 Å². The maximum Gasteiger partial charge on any atom is 0.124 e. The Morgan fingerprint density at radius 2 is 2.08 bits per heavy atom. The first-order chi connectivity index (χ1) is 12.6. The minimum absolute atomic E-state index is 0.230. The molecule has 134 valence electrons. The van der Waals surface area contributed by atoms with Gasteiger partial charge in [-0.1, -0.05) is 0 Å². The lowest BCUT2D eigenvalue weighted by Gasteiger charge is -2.20. The first-order valence-electron chi connectivity index (χ1n) is 8.84. The molecule has 0 N–H and O–H groups in total. The van der Waals surface area contributed by atoms with Gasteiger partial charge in [0.05, 0.1) is 17.4 Å². The van der Waals surface area contributed by atoms with Crippen LogP contribution in [0.2, 0.25) is 0 Å². The number of rotatable bonds is 4. The van der Waals surface area contributed by atoms with Crippen molar-refractivity contribution in [2.75, 3.05) is 27.2 Å². The van der Waals surface area contributed by atoms with Crippen LogP contribution in [-0.4, -0.2) is 58.0 Å². The third-order valence-corrected chi connectivity index (χ3v) is 5.00. The molecule has 1 aromatic carbocycles. The van der Waals surface area contributed by atoms with Gasteiger partial charge in [-0.3, -0.25) is 4.90 Å². The molecule has 26 heavy (non-hydrogen) atoms. The van der Waals surface area contributed by atoms with Crippen molar-refractivity contribution in [1.82, 2.24) is 24.8 Å². The van der Waals surface area contributed by atoms with Gasteiger partial charge in [0.25, 0.3) is 0 Å². The monoisotopic (exact) mass is 351 g/mol. The molecule has 0 unspecified atom stereocenters. The Kier molecular flexibility index (Phi) is 4.61. The topological polar surface area (TPSA) is 45.2 Å². The number of pyridine rings is 1. The zero-order valence-corrected chi connectivity index (χ0v) is 15.1. The fraction of sp³-hybridized carbons (Fsp3) is 0.350. The van der Waals surface area contributed by atoms with E-state index in [1.54, 1.807) is 12.3 Å². The highest BCUT2D eigenvalue weighted by Crippen LogP contribution is 2.24. The molecule has 0 aliphatic carbocycles. The standard InChI is InChI=1S/C20H22FN5/c1-25(2)17-5-6-26(12-17)11-14-7-15(9-16(21)8-14)18-3-4-19-20(24-18)10-22-13-23-19/h3-4,7-10,13,17H,5-6,11-12H2,1-2H3/t17-/m0/s1. The van der Waals surface area contributed by atoms with Gasteiger partial charge in [-0.2, -0.15) is 0 Å². The van der Waals surface area contributed by atoms with Gasteiger partial charge in [-0.15, -0.1) is 0 Å². The maximum absolute atomic E-state index is 14.2. The average Bonchev–Trinajstić information content (AvgIpc) is 3.09. The molecule has 0 saturated carbocycles. The van der Waals surface area contributed by atoms with Crippen molar-refractivity contribution >= 4 is 11.0 Å². The molecule has 3 aromatic rings. The highest BCUT2D eigenvalue weighted by Gasteiger charge is 2.24. The molecular weight excluding hydrogens is 329 g/mol. The normalized spacial score (nSPS) is 18.1. The van der Waals surface area contributed by atoms with E-state index in [-0.39, 0.29) is 5.82 Å². The smallest absolute Gasteiger partial charge is 0.124 e. The van der Waals surface area contributed by atoms with Crippen LogP contribution in [0, 0.1) is 5.82 Å². The number of hydrogen-bond acceptors (Lipinski definition) is 5. The first kappa shape index (κ1) is 17.0. The predicted octanol–water partition coefficient (Wildman–Crippen LogP) is 2.97. The number of likely N-dealkylation sites (N-methyl/N-ethyl adjacent to an activating group) is 1. The minimum atomic E-state index is -0.230. The second-order valence-electron chi connectivity index (χ2n) is 7.11. The van der Waals surface area contributed by atoms with Crippen LogP contribution in [0.4, 0.5) is 4.39 Å². The van der Waals surface area contributed by atoms with Crippen molar-refractivity contribution in [1.29, 1.82) is 0 Å². The second-order valence-corrected chi connectivity index (χ2v) is 7.11. The Labute approximate surface area is 152 Å². The molecule has 0 spiro atoms. The number of nitrogens with zero attached hydrogens (tertiary/aromatic N) is 5. The Balaban J connectivity index is 1.59. The number of fused-ring (bicyclic) bond motifs is 1. The highest BCUT2D eigenvalue weighted by molar-refractivity contribution is 5.77. The van der Waals surface area contributed by atoms with Crippen LogP contribution in [0.1, 0.15) is 12.0 Å². The zero-order valence-electron chi connectivity index (χ0n) is 15.1. The summed E-state index contributed by atoms with van der Waals surface area (Å²) >= 11 is 0. The summed E-state index contributed by atoms with van der Waals surface area (Å²) in [6, 6.07) is 9.54. The summed E-state index contributed by atoms with van der Waals surface area (Å²) in [5.74, 6) is -0.230. The summed E-state index contributed by atoms with van der Waals surface area (Å²) in [7, 11) is 4.23. The fourth-order valence-corrected chi connectivity index (χ4v) is 3.56. The number of likely N-dealkylation sites (tertiary alicyclic amines) is 1. The van der Waals surface area contributed by atoms with Gasteiger partial charge in [0.15, 0.2) is 0 Å². The number of aromatic nitrogens is 3.